The zero-order chi connectivity index (χ0) is 14.6. The molecule has 1 heterocycles. The standard InChI is InChI=1S/C17H26N2O/c1-17(2,3)13-16(20)19-12-8-7-11-15(19)18-14-9-5-4-6-10-14/h7-8,11-12,14H,4-6,9-10,13H2,1-3H3. The summed E-state index contributed by atoms with van der Waals surface area (Å²) >= 11 is 0. The van der Waals surface area contributed by atoms with Gasteiger partial charge in [0, 0.05) is 12.6 Å². The second kappa shape index (κ2) is 6.38. The van der Waals surface area contributed by atoms with Gasteiger partial charge in [-0.25, -0.2) is 0 Å². The fourth-order valence-electron chi connectivity index (χ4n) is 2.69. The van der Waals surface area contributed by atoms with Crippen LogP contribution in [0.1, 0.15) is 64.1 Å². The zero-order valence-electron chi connectivity index (χ0n) is 12.9. The van der Waals surface area contributed by atoms with Gasteiger partial charge in [0.05, 0.1) is 6.04 Å². The van der Waals surface area contributed by atoms with E-state index in [2.05, 4.69) is 20.8 Å². The average Bonchev–Trinajstić information content (AvgIpc) is 2.38. The van der Waals surface area contributed by atoms with Crippen LogP contribution in [0.4, 0.5) is 0 Å². The Balaban J connectivity index is 2.25. The van der Waals surface area contributed by atoms with E-state index in [1.54, 1.807) is 4.57 Å². The number of carbonyl (C=O) groups is 1. The lowest BCUT2D eigenvalue weighted by molar-refractivity contribution is 0.0850. The van der Waals surface area contributed by atoms with E-state index in [1.165, 1.54) is 19.3 Å². The smallest absolute Gasteiger partial charge is 0.232 e. The number of pyridine rings is 1. The van der Waals surface area contributed by atoms with Crippen molar-refractivity contribution in [1.29, 1.82) is 0 Å². The van der Waals surface area contributed by atoms with Gasteiger partial charge in [-0.05, 0) is 30.4 Å². The number of rotatable bonds is 2. The van der Waals surface area contributed by atoms with E-state index in [1.807, 2.05) is 24.4 Å². The molecule has 1 aromatic rings. The quantitative estimate of drug-likeness (QED) is 0.807. The molecule has 0 bridgehead atoms. The summed E-state index contributed by atoms with van der Waals surface area (Å²) in [7, 11) is 0. The predicted octanol–water partition coefficient (Wildman–Crippen LogP) is 3.80. The van der Waals surface area contributed by atoms with Crippen molar-refractivity contribution in [3.05, 3.63) is 29.9 Å². The summed E-state index contributed by atoms with van der Waals surface area (Å²) in [4.78, 5) is 17.2. The van der Waals surface area contributed by atoms with Crippen LogP contribution in [0.3, 0.4) is 0 Å². The lowest BCUT2D eigenvalue weighted by Gasteiger charge is -2.19. The molecule has 3 nitrogen and oxygen atoms in total. The highest BCUT2D eigenvalue weighted by molar-refractivity contribution is 5.79. The normalized spacial score (nSPS) is 18.2. The fourth-order valence-corrected chi connectivity index (χ4v) is 2.69. The van der Waals surface area contributed by atoms with Crippen molar-refractivity contribution in [3.63, 3.8) is 0 Å². The van der Waals surface area contributed by atoms with Gasteiger partial charge in [0.1, 0.15) is 5.49 Å². The van der Waals surface area contributed by atoms with E-state index >= 15 is 0 Å². The van der Waals surface area contributed by atoms with Crippen LogP contribution >= 0.6 is 0 Å². The van der Waals surface area contributed by atoms with E-state index < -0.39 is 0 Å². The predicted molar refractivity (Wildman–Crippen MR) is 81.6 cm³/mol. The van der Waals surface area contributed by atoms with Gasteiger partial charge < -0.3 is 0 Å². The Kier molecular flexibility index (Phi) is 4.79. The molecule has 0 N–H and O–H groups in total. The lowest BCUT2D eigenvalue weighted by Crippen LogP contribution is -2.31. The first kappa shape index (κ1) is 15.0. The molecule has 0 unspecified atom stereocenters. The minimum Gasteiger partial charge on any atom is -0.274 e. The number of aromatic nitrogens is 1. The molecular weight excluding hydrogens is 248 g/mol. The first-order valence-corrected chi connectivity index (χ1v) is 7.70. The fraction of sp³-hybridized carbons (Fsp3) is 0.647. The van der Waals surface area contributed by atoms with Gasteiger partial charge in [-0.3, -0.25) is 14.4 Å². The Labute approximate surface area is 121 Å². The minimum absolute atomic E-state index is 0.00202. The second-order valence-corrected chi connectivity index (χ2v) is 6.98. The molecule has 20 heavy (non-hydrogen) atoms. The maximum absolute atomic E-state index is 12.4. The monoisotopic (exact) mass is 274 g/mol. The third-order valence-corrected chi connectivity index (χ3v) is 3.68. The SMILES string of the molecule is CC(C)(C)CC(=O)n1ccccc1=NC1CCCCC1. The van der Waals surface area contributed by atoms with Gasteiger partial charge in [-0.2, -0.15) is 0 Å². The molecule has 2 rings (SSSR count). The van der Waals surface area contributed by atoms with E-state index in [0.29, 0.717) is 12.5 Å². The van der Waals surface area contributed by atoms with Crippen LogP contribution in [0.15, 0.2) is 29.4 Å². The van der Waals surface area contributed by atoms with Crippen LogP contribution in [-0.4, -0.2) is 16.5 Å². The molecule has 110 valence electrons. The first-order valence-electron chi connectivity index (χ1n) is 7.70. The van der Waals surface area contributed by atoms with E-state index in [-0.39, 0.29) is 11.3 Å². The zero-order valence-corrected chi connectivity index (χ0v) is 12.9. The van der Waals surface area contributed by atoms with Crippen molar-refractivity contribution in [2.24, 2.45) is 10.4 Å². The second-order valence-electron chi connectivity index (χ2n) is 6.98. The van der Waals surface area contributed by atoms with E-state index in [0.717, 1.165) is 18.3 Å². The van der Waals surface area contributed by atoms with Crippen molar-refractivity contribution < 1.29 is 4.79 Å². The minimum atomic E-state index is 0.00202. The van der Waals surface area contributed by atoms with Gasteiger partial charge in [-0.15, -0.1) is 0 Å². The van der Waals surface area contributed by atoms with Gasteiger partial charge in [0.15, 0.2) is 0 Å². The highest BCUT2D eigenvalue weighted by Crippen LogP contribution is 2.20. The largest absolute Gasteiger partial charge is 0.274 e. The number of carbonyl (C=O) groups excluding carboxylic acids is 1. The number of hydrogen-bond acceptors (Lipinski definition) is 2. The van der Waals surface area contributed by atoms with Crippen molar-refractivity contribution in [2.45, 2.75) is 65.3 Å². The highest BCUT2D eigenvalue weighted by Gasteiger charge is 2.18. The summed E-state index contributed by atoms with van der Waals surface area (Å²) in [6, 6.07) is 6.21. The summed E-state index contributed by atoms with van der Waals surface area (Å²) in [6.07, 6.45) is 8.53. The molecule has 1 aromatic heterocycles. The Morgan fingerprint density at radius 1 is 1.25 bits per heavy atom. The van der Waals surface area contributed by atoms with Crippen LogP contribution < -0.4 is 5.49 Å². The molecule has 0 aliphatic heterocycles. The van der Waals surface area contributed by atoms with Crippen LogP contribution in [0.5, 0.6) is 0 Å². The topological polar surface area (TPSA) is 34.4 Å². The van der Waals surface area contributed by atoms with Crippen molar-refractivity contribution >= 4 is 5.91 Å². The molecule has 1 aliphatic carbocycles. The number of hydrogen-bond donors (Lipinski definition) is 0. The van der Waals surface area contributed by atoms with Crippen LogP contribution in [0.2, 0.25) is 0 Å². The molecule has 0 saturated heterocycles. The third-order valence-electron chi connectivity index (χ3n) is 3.68. The van der Waals surface area contributed by atoms with Crippen molar-refractivity contribution in [1.82, 2.24) is 4.57 Å². The Hall–Kier alpha value is -1.38. The summed E-state index contributed by atoms with van der Waals surface area (Å²) in [5.41, 5.74) is 0.816. The van der Waals surface area contributed by atoms with Crippen LogP contribution in [0.25, 0.3) is 0 Å². The molecule has 1 fully saturated rings. The van der Waals surface area contributed by atoms with Gasteiger partial charge in [0.25, 0.3) is 0 Å². The molecule has 0 atom stereocenters. The number of nitrogens with zero attached hydrogens (tertiary/aromatic N) is 2. The van der Waals surface area contributed by atoms with Crippen molar-refractivity contribution in [2.75, 3.05) is 0 Å². The Morgan fingerprint density at radius 2 is 1.95 bits per heavy atom. The summed E-state index contributed by atoms with van der Waals surface area (Å²) in [6.45, 7) is 6.27. The first-order chi connectivity index (χ1) is 9.46. The van der Waals surface area contributed by atoms with Gasteiger partial charge >= 0.3 is 0 Å². The maximum Gasteiger partial charge on any atom is 0.232 e. The molecule has 1 aliphatic rings. The van der Waals surface area contributed by atoms with Crippen LogP contribution in [0, 0.1) is 5.41 Å². The van der Waals surface area contributed by atoms with E-state index in [4.69, 9.17) is 4.99 Å². The molecule has 0 radical (unpaired) electrons. The molecule has 0 amide bonds. The molecular formula is C17H26N2O. The molecule has 3 heteroatoms. The maximum atomic E-state index is 12.4. The molecule has 0 aromatic carbocycles. The van der Waals surface area contributed by atoms with E-state index in [9.17, 15) is 4.79 Å². The summed E-state index contributed by atoms with van der Waals surface area (Å²) in [5, 5.41) is 0. The highest BCUT2D eigenvalue weighted by atomic mass is 16.2. The van der Waals surface area contributed by atoms with Gasteiger partial charge in [-0.1, -0.05) is 46.1 Å². The van der Waals surface area contributed by atoms with Gasteiger partial charge in [0.2, 0.25) is 5.91 Å². The molecule has 0 spiro atoms. The molecule has 1 saturated carbocycles. The van der Waals surface area contributed by atoms with Crippen molar-refractivity contribution in [3.8, 4) is 0 Å². The Morgan fingerprint density at radius 3 is 2.60 bits per heavy atom. The summed E-state index contributed by atoms with van der Waals surface area (Å²) in [5.74, 6) is 0.132. The summed E-state index contributed by atoms with van der Waals surface area (Å²) < 4.78 is 1.72. The lowest BCUT2D eigenvalue weighted by atomic mass is 9.92. The van der Waals surface area contributed by atoms with Crippen LogP contribution in [-0.2, 0) is 0 Å². The average molecular weight is 274 g/mol. The Bertz CT molecular complexity index is 516. The third kappa shape index (κ3) is 4.32.